The van der Waals surface area contributed by atoms with E-state index >= 15 is 0 Å². The Hall–Kier alpha value is -4.27. The van der Waals surface area contributed by atoms with Gasteiger partial charge in [0.25, 0.3) is 0 Å². The number of benzene rings is 2. The average molecular weight is 420 g/mol. The summed E-state index contributed by atoms with van der Waals surface area (Å²) >= 11 is 0. The van der Waals surface area contributed by atoms with Gasteiger partial charge in [0.15, 0.2) is 16.9 Å². The smallest absolute Gasteiger partial charge is 0.312 e. The van der Waals surface area contributed by atoms with Crippen molar-refractivity contribution in [2.24, 2.45) is 7.05 Å². The van der Waals surface area contributed by atoms with Crippen molar-refractivity contribution in [2.45, 2.75) is 12.3 Å². The summed E-state index contributed by atoms with van der Waals surface area (Å²) in [7, 11) is 1.75. The highest BCUT2D eigenvalue weighted by molar-refractivity contribution is 5.93. The lowest BCUT2D eigenvalue weighted by Crippen LogP contribution is -2.21. The predicted molar refractivity (Wildman–Crippen MR) is 108 cm³/mol. The van der Waals surface area contributed by atoms with Crippen molar-refractivity contribution in [3.8, 4) is 34.3 Å². The standard InChI is InChI=1S/C22H16N2O7/c1-24-9-11(8-23-24)12-5-19(29)30-18-7-16(28)21-15(27)6-17(31-22(21)20(12)18)10-2-3-13(25)14(26)4-10/h2-4,6-9,12,25-26,28H,5H2,1H3/t12-/m1/s1. The van der Waals surface area contributed by atoms with Gasteiger partial charge < -0.3 is 24.5 Å². The molecule has 0 saturated carbocycles. The molecule has 31 heavy (non-hydrogen) atoms. The highest BCUT2D eigenvalue weighted by Crippen LogP contribution is 2.46. The summed E-state index contributed by atoms with van der Waals surface area (Å²) in [5, 5.41) is 34.0. The first-order valence-corrected chi connectivity index (χ1v) is 9.37. The number of hydrogen-bond donors (Lipinski definition) is 3. The SMILES string of the molecule is Cn1cc([C@H]2CC(=O)Oc3cc(O)c4c(=O)cc(-c5ccc(O)c(O)c5)oc4c32)cn1. The monoisotopic (exact) mass is 420 g/mol. The Morgan fingerprint density at radius 1 is 1.06 bits per heavy atom. The molecule has 0 saturated heterocycles. The highest BCUT2D eigenvalue weighted by atomic mass is 16.5. The molecule has 0 aliphatic carbocycles. The lowest BCUT2D eigenvalue weighted by Gasteiger charge is -2.25. The number of carbonyl (C=O) groups excluding carboxylic acids is 1. The molecular formula is C22H16N2O7. The first-order chi connectivity index (χ1) is 14.8. The maximum atomic E-state index is 12.9. The van der Waals surface area contributed by atoms with Gasteiger partial charge in [-0.05, 0) is 23.8 Å². The number of fused-ring (bicyclic) bond motifs is 3. The van der Waals surface area contributed by atoms with Gasteiger partial charge in [0.05, 0.1) is 12.6 Å². The second kappa shape index (κ2) is 6.63. The first kappa shape index (κ1) is 18.7. The molecule has 0 amide bonds. The summed E-state index contributed by atoms with van der Waals surface area (Å²) in [5.41, 5.74) is 1.08. The van der Waals surface area contributed by atoms with Crippen LogP contribution >= 0.6 is 0 Å². The van der Waals surface area contributed by atoms with Crippen LogP contribution < -0.4 is 10.2 Å². The van der Waals surface area contributed by atoms with Gasteiger partial charge in [-0.15, -0.1) is 0 Å². The molecule has 1 aliphatic heterocycles. The molecule has 0 radical (unpaired) electrons. The van der Waals surface area contributed by atoms with E-state index in [-0.39, 0.29) is 46.1 Å². The molecule has 4 aromatic rings. The molecule has 0 spiro atoms. The minimum Gasteiger partial charge on any atom is -0.507 e. The Morgan fingerprint density at radius 2 is 1.87 bits per heavy atom. The van der Waals surface area contributed by atoms with E-state index in [0.717, 1.165) is 5.56 Å². The maximum Gasteiger partial charge on any atom is 0.312 e. The van der Waals surface area contributed by atoms with E-state index in [1.54, 1.807) is 24.1 Å². The van der Waals surface area contributed by atoms with Crippen molar-refractivity contribution in [2.75, 3.05) is 0 Å². The quantitative estimate of drug-likeness (QED) is 0.256. The van der Waals surface area contributed by atoms with Crippen LogP contribution in [-0.4, -0.2) is 31.1 Å². The topological polar surface area (TPSA) is 135 Å². The molecule has 156 valence electrons. The van der Waals surface area contributed by atoms with Crippen LogP contribution in [0.5, 0.6) is 23.0 Å². The summed E-state index contributed by atoms with van der Waals surface area (Å²) in [4.78, 5) is 25.1. The third-order valence-electron chi connectivity index (χ3n) is 5.31. The fourth-order valence-electron chi connectivity index (χ4n) is 3.88. The summed E-state index contributed by atoms with van der Waals surface area (Å²) in [6.45, 7) is 0. The van der Waals surface area contributed by atoms with Crippen LogP contribution in [0.1, 0.15) is 23.5 Å². The van der Waals surface area contributed by atoms with Crippen LogP contribution in [0.3, 0.4) is 0 Å². The van der Waals surface area contributed by atoms with Gasteiger partial charge in [-0.2, -0.15) is 5.10 Å². The average Bonchev–Trinajstić information content (AvgIpc) is 3.15. The minimum atomic E-state index is -0.508. The molecule has 9 heteroatoms. The van der Waals surface area contributed by atoms with E-state index in [0.29, 0.717) is 11.1 Å². The fraction of sp³-hybridized carbons (Fsp3) is 0.136. The van der Waals surface area contributed by atoms with Crippen LogP contribution in [0.15, 0.2) is 51.9 Å². The zero-order chi connectivity index (χ0) is 21.9. The van der Waals surface area contributed by atoms with Gasteiger partial charge >= 0.3 is 5.97 Å². The number of nitrogens with zero attached hydrogens (tertiary/aromatic N) is 2. The predicted octanol–water partition coefficient (Wildman–Crippen LogP) is 2.75. The molecule has 3 N–H and O–H groups in total. The maximum absolute atomic E-state index is 12.9. The number of aromatic nitrogens is 2. The van der Waals surface area contributed by atoms with Crippen LogP contribution in [0.25, 0.3) is 22.3 Å². The molecule has 5 rings (SSSR count). The molecule has 1 aliphatic rings. The van der Waals surface area contributed by atoms with E-state index in [9.17, 15) is 24.9 Å². The third kappa shape index (κ3) is 2.98. The van der Waals surface area contributed by atoms with Crippen molar-refractivity contribution in [3.63, 3.8) is 0 Å². The van der Waals surface area contributed by atoms with E-state index in [1.807, 2.05) is 0 Å². The van der Waals surface area contributed by atoms with Gasteiger partial charge in [0.1, 0.15) is 28.2 Å². The fourth-order valence-corrected chi connectivity index (χ4v) is 3.88. The molecule has 0 fully saturated rings. The summed E-state index contributed by atoms with van der Waals surface area (Å²) < 4.78 is 13.0. The number of phenols is 3. The molecule has 2 aromatic carbocycles. The zero-order valence-electron chi connectivity index (χ0n) is 16.2. The Bertz CT molecular complexity index is 1430. The zero-order valence-corrected chi connectivity index (χ0v) is 16.2. The normalized spacial score (nSPS) is 15.6. The molecule has 0 bridgehead atoms. The molecule has 3 heterocycles. The first-order valence-electron chi connectivity index (χ1n) is 9.37. The molecule has 0 unspecified atom stereocenters. The minimum absolute atomic E-state index is 0.00645. The second-order valence-corrected chi connectivity index (χ2v) is 7.37. The van der Waals surface area contributed by atoms with Crippen LogP contribution in [-0.2, 0) is 11.8 Å². The number of rotatable bonds is 2. The Morgan fingerprint density at radius 3 is 2.58 bits per heavy atom. The highest BCUT2D eigenvalue weighted by Gasteiger charge is 2.34. The van der Waals surface area contributed by atoms with Crippen molar-refractivity contribution in [1.29, 1.82) is 0 Å². The number of phenolic OH excluding ortho intramolecular Hbond substituents is 3. The number of aryl methyl sites for hydroxylation is 1. The van der Waals surface area contributed by atoms with Gasteiger partial charge in [-0.25, -0.2) is 0 Å². The van der Waals surface area contributed by atoms with Gasteiger partial charge in [-0.3, -0.25) is 14.3 Å². The van der Waals surface area contributed by atoms with E-state index < -0.39 is 17.3 Å². The van der Waals surface area contributed by atoms with E-state index in [4.69, 9.17) is 9.15 Å². The van der Waals surface area contributed by atoms with Crippen molar-refractivity contribution >= 4 is 16.9 Å². The summed E-state index contributed by atoms with van der Waals surface area (Å²) in [6.07, 6.45) is 3.38. The summed E-state index contributed by atoms with van der Waals surface area (Å²) in [6, 6.07) is 6.43. The van der Waals surface area contributed by atoms with Crippen LogP contribution in [0.2, 0.25) is 0 Å². The molecular weight excluding hydrogens is 404 g/mol. The number of carbonyl (C=O) groups is 1. The van der Waals surface area contributed by atoms with Crippen LogP contribution in [0, 0.1) is 0 Å². The largest absolute Gasteiger partial charge is 0.507 e. The van der Waals surface area contributed by atoms with Gasteiger partial charge in [-0.1, -0.05) is 0 Å². The van der Waals surface area contributed by atoms with Crippen molar-refractivity contribution in [3.05, 3.63) is 64.1 Å². The molecule has 2 aromatic heterocycles. The second-order valence-electron chi connectivity index (χ2n) is 7.37. The lowest BCUT2D eigenvalue weighted by atomic mass is 9.86. The molecule has 9 nitrogen and oxygen atoms in total. The number of aromatic hydroxyl groups is 3. The van der Waals surface area contributed by atoms with E-state index in [1.165, 1.54) is 30.3 Å². The number of ether oxygens (including phenoxy) is 1. The summed E-state index contributed by atoms with van der Waals surface area (Å²) in [5.74, 6) is -1.83. The van der Waals surface area contributed by atoms with Crippen molar-refractivity contribution < 1.29 is 29.3 Å². The van der Waals surface area contributed by atoms with Crippen LogP contribution in [0.4, 0.5) is 0 Å². The molecule has 1 atom stereocenters. The van der Waals surface area contributed by atoms with Crippen molar-refractivity contribution in [1.82, 2.24) is 9.78 Å². The lowest BCUT2D eigenvalue weighted by molar-refractivity contribution is -0.135. The third-order valence-corrected chi connectivity index (χ3v) is 5.31. The van der Waals surface area contributed by atoms with Gasteiger partial charge in [0.2, 0.25) is 0 Å². The number of esters is 1. The van der Waals surface area contributed by atoms with E-state index in [2.05, 4.69) is 5.10 Å². The van der Waals surface area contributed by atoms with Gasteiger partial charge in [0, 0.05) is 42.4 Å². The Labute approximate surface area is 174 Å². The Kier molecular flexibility index (Phi) is 4.01. The Balaban J connectivity index is 1.82. The number of hydrogen-bond acceptors (Lipinski definition) is 8.